The number of carbonyl (C=O) groups is 1. The van der Waals surface area contributed by atoms with Crippen molar-refractivity contribution in [1.29, 1.82) is 0 Å². The van der Waals surface area contributed by atoms with Crippen LogP contribution in [0, 0.1) is 11.6 Å². The van der Waals surface area contributed by atoms with Crippen molar-refractivity contribution in [3.8, 4) is 0 Å². The van der Waals surface area contributed by atoms with E-state index in [4.69, 9.17) is 20.2 Å². The molecule has 1 unspecified atom stereocenters. The predicted octanol–water partition coefficient (Wildman–Crippen LogP) is 1.84. The van der Waals surface area contributed by atoms with E-state index >= 15 is 0 Å². The van der Waals surface area contributed by atoms with Gasteiger partial charge in [0.05, 0.1) is 13.2 Å². The highest BCUT2D eigenvalue weighted by molar-refractivity contribution is 8.13. The van der Waals surface area contributed by atoms with Crippen LogP contribution in [-0.2, 0) is 18.5 Å². The Morgan fingerprint density at radius 3 is 2.65 bits per heavy atom. The van der Waals surface area contributed by atoms with E-state index in [-0.39, 0.29) is 6.61 Å². The van der Waals surface area contributed by atoms with Crippen LogP contribution in [0.1, 0.15) is 16.8 Å². The smallest absolute Gasteiger partial charge is 0.344 e. The van der Waals surface area contributed by atoms with Crippen LogP contribution >= 0.6 is 10.7 Å². The third-order valence-electron chi connectivity index (χ3n) is 2.68. The monoisotopic (exact) mass is 326 g/mol. The van der Waals surface area contributed by atoms with Crippen molar-refractivity contribution in [2.24, 2.45) is 0 Å². The van der Waals surface area contributed by atoms with Gasteiger partial charge in [-0.05, 0) is 12.1 Å². The molecule has 0 saturated carbocycles. The molecule has 0 aliphatic carbocycles. The maximum Gasteiger partial charge on any atom is 0.344 e. The minimum absolute atomic E-state index is 0.127. The van der Waals surface area contributed by atoms with Gasteiger partial charge in [-0.25, -0.2) is 22.0 Å². The maximum atomic E-state index is 13.9. The molecule has 5 nitrogen and oxygen atoms in total. The molecular weight excluding hydrogens is 318 g/mol. The molecule has 1 aromatic rings. The molecule has 1 aromatic carbocycles. The maximum absolute atomic E-state index is 13.9. The van der Waals surface area contributed by atoms with E-state index in [1.807, 2.05) is 0 Å². The molecule has 1 saturated heterocycles. The van der Waals surface area contributed by atoms with Gasteiger partial charge < -0.3 is 9.47 Å². The molecule has 0 spiro atoms. The van der Waals surface area contributed by atoms with Crippen LogP contribution in [0.5, 0.6) is 0 Å². The van der Waals surface area contributed by atoms with Crippen molar-refractivity contribution < 1.29 is 31.5 Å². The van der Waals surface area contributed by atoms with Crippen LogP contribution in [0.4, 0.5) is 8.78 Å². The minimum atomic E-state index is -4.44. The van der Waals surface area contributed by atoms with Crippen LogP contribution in [0.25, 0.3) is 0 Å². The molecular formula is C11H9ClF2O5S. The SMILES string of the molecule is O=C(OC1CCOC1)c1c(F)ccc(S(=O)(=O)Cl)c1F. The lowest BCUT2D eigenvalue weighted by Crippen LogP contribution is -2.20. The first-order valence-corrected chi connectivity index (χ1v) is 7.83. The molecule has 1 aliphatic heterocycles. The van der Waals surface area contributed by atoms with Crippen LogP contribution in [-0.4, -0.2) is 33.7 Å². The lowest BCUT2D eigenvalue weighted by molar-refractivity contribution is 0.0259. The first kappa shape index (κ1) is 15.1. The molecule has 20 heavy (non-hydrogen) atoms. The molecule has 0 radical (unpaired) electrons. The Morgan fingerprint density at radius 2 is 2.10 bits per heavy atom. The van der Waals surface area contributed by atoms with Crippen molar-refractivity contribution >= 4 is 25.7 Å². The summed E-state index contributed by atoms with van der Waals surface area (Å²) in [7, 11) is 0.565. The molecule has 110 valence electrons. The summed E-state index contributed by atoms with van der Waals surface area (Å²) in [6.45, 7) is 0.501. The highest BCUT2D eigenvalue weighted by Crippen LogP contribution is 2.25. The Bertz CT molecular complexity index is 640. The number of ether oxygens (including phenoxy) is 2. The fourth-order valence-corrected chi connectivity index (χ4v) is 2.63. The molecule has 1 aliphatic rings. The largest absolute Gasteiger partial charge is 0.456 e. The molecule has 1 atom stereocenters. The van der Waals surface area contributed by atoms with Crippen molar-refractivity contribution in [1.82, 2.24) is 0 Å². The van der Waals surface area contributed by atoms with Crippen molar-refractivity contribution in [3.05, 3.63) is 29.3 Å². The second kappa shape index (κ2) is 5.63. The quantitative estimate of drug-likeness (QED) is 0.626. The molecule has 9 heteroatoms. The second-order valence-electron chi connectivity index (χ2n) is 4.06. The number of hydrogen-bond donors (Lipinski definition) is 0. The molecule has 1 fully saturated rings. The van der Waals surface area contributed by atoms with Crippen molar-refractivity contribution in [2.45, 2.75) is 17.4 Å². The van der Waals surface area contributed by atoms with Gasteiger partial charge in [-0.1, -0.05) is 0 Å². The summed E-state index contributed by atoms with van der Waals surface area (Å²) in [6, 6.07) is 1.28. The summed E-state index contributed by atoms with van der Waals surface area (Å²) >= 11 is 0. The molecule has 1 heterocycles. The number of hydrogen-bond acceptors (Lipinski definition) is 5. The third kappa shape index (κ3) is 3.08. The molecule has 0 N–H and O–H groups in total. The zero-order valence-corrected chi connectivity index (χ0v) is 11.5. The summed E-state index contributed by atoms with van der Waals surface area (Å²) in [4.78, 5) is 10.7. The van der Waals surface area contributed by atoms with Crippen molar-refractivity contribution in [2.75, 3.05) is 13.2 Å². The van der Waals surface area contributed by atoms with Crippen LogP contribution in [0.15, 0.2) is 17.0 Å². The summed E-state index contributed by atoms with van der Waals surface area (Å²) in [5, 5.41) is 0. The Kier molecular flexibility index (Phi) is 4.26. The normalized spacial score (nSPS) is 19.1. The fourth-order valence-electron chi connectivity index (χ4n) is 1.72. The first-order valence-electron chi connectivity index (χ1n) is 5.52. The predicted molar refractivity (Wildman–Crippen MR) is 64.0 cm³/mol. The average molecular weight is 327 g/mol. The van der Waals surface area contributed by atoms with E-state index in [2.05, 4.69) is 0 Å². The Labute approximate surface area is 117 Å². The number of esters is 1. The Hall–Kier alpha value is -1.25. The zero-order valence-electron chi connectivity index (χ0n) is 9.94. The molecule has 0 bridgehead atoms. The average Bonchev–Trinajstić information content (AvgIpc) is 2.79. The first-order chi connectivity index (χ1) is 9.30. The lowest BCUT2D eigenvalue weighted by Gasteiger charge is -2.12. The van der Waals surface area contributed by atoms with Gasteiger partial charge in [0.2, 0.25) is 0 Å². The standard InChI is InChI=1S/C11H9ClF2O5S/c12-20(16,17)8-2-1-7(13)9(10(8)14)11(15)19-6-3-4-18-5-6/h1-2,6H,3-5H2. The molecule has 0 amide bonds. The second-order valence-corrected chi connectivity index (χ2v) is 6.60. The van der Waals surface area contributed by atoms with Gasteiger partial charge in [-0.3, -0.25) is 0 Å². The Morgan fingerprint density at radius 1 is 1.40 bits per heavy atom. The molecule has 0 aromatic heterocycles. The lowest BCUT2D eigenvalue weighted by atomic mass is 10.2. The van der Waals surface area contributed by atoms with Crippen LogP contribution < -0.4 is 0 Å². The number of halogens is 3. The van der Waals surface area contributed by atoms with Gasteiger partial charge >= 0.3 is 5.97 Å². The van der Waals surface area contributed by atoms with E-state index in [9.17, 15) is 22.0 Å². The Balaban J connectivity index is 2.37. The topological polar surface area (TPSA) is 69.7 Å². The summed E-state index contributed by atoms with van der Waals surface area (Å²) in [6.07, 6.45) is -0.208. The zero-order chi connectivity index (χ0) is 14.9. The van der Waals surface area contributed by atoms with Gasteiger partial charge in [-0.2, -0.15) is 0 Å². The van der Waals surface area contributed by atoms with Gasteiger partial charge in [0, 0.05) is 17.1 Å². The minimum Gasteiger partial charge on any atom is -0.456 e. The van der Waals surface area contributed by atoms with Gasteiger partial charge in [0.15, 0.2) is 5.82 Å². The summed E-state index contributed by atoms with van der Waals surface area (Å²) in [5.41, 5.74) is -1.08. The number of benzene rings is 1. The third-order valence-corrected chi connectivity index (χ3v) is 4.02. The van der Waals surface area contributed by atoms with E-state index in [1.165, 1.54) is 0 Å². The highest BCUT2D eigenvalue weighted by atomic mass is 35.7. The van der Waals surface area contributed by atoms with Gasteiger partial charge in [0.1, 0.15) is 22.4 Å². The van der Waals surface area contributed by atoms with E-state index in [1.54, 1.807) is 0 Å². The van der Waals surface area contributed by atoms with E-state index in [0.29, 0.717) is 25.2 Å². The van der Waals surface area contributed by atoms with Crippen LogP contribution in [0.3, 0.4) is 0 Å². The van der Waals surface area contributed by atoms with Gasteiger partial charge in [-0.15, -0.1) is 0 Å². The number of carbonyl (C=O) groups excluding carboxylic acids is 1. The van der Waals surface area contributed by atoms with Gasteiger partial charge in [0.25, 0.3) is 9.05 Å². The summed E-state index contributed by atoms with van der Waals surface area (Å²) in [5.74, 6) is -4.09. The fraction of sp³-hybridized carbons (Fsp3) is 0.364. The number of rotatable bonds is 3. The highest BCUT2D eigenvalue weighted by Gasteiger charge is 2.29. The van der Waals surface area contributed by atoms with E-state index in [0.717, 1.165) is 0 Å². The van der Waals surface area contributed by atoms with Crippen LogP contribution in [0.2, 0.25) is 0 Å². The summed E-state index contributed by atoms with van der Waals surface area (Å²) < 4.78 is 59.5. The molecule has 2 rings (SSSR count). The van der Waals surface area contributed by atoms with E-state index < -0.39 is 43.2 Å². The van der Waals surface area contributed by atoms with Crippen molar-refractivity contribution in [3.63, 3.8) is 0 Å².